The highest BCUT2D eigenvalue weighted by Gasteiger charge is 2.56. The molecule has 29 heavy (non-hydrogen) atoms. The fourth-order valence-electron chi connectivity index (χ4n) is 4.24. The van der Waals surface area contributed by atoms with Crippen LogP contribution >= 0.6 is 0 Å². The first-order chi connectivity index (χ1) is 13.8. The second-order valence-corrected chi connectivity index (χ2v) is 7.46. The Morgan fingerprint density at radius 3 is 2.28 bits per heavy atom. The molecule has 0 unspecified atom stereocenters. The topological polar surface area (TPSA) is 46.2 Å². The van der Waals surface area contributed by atoms with Crippen molar-refractivity contribution in [3.8, 4) is 0 Å². The predicted octanol–water partition coefficient (Wildman–Crippen LogP) is 6.21. The number of halogens is 3. The Hall–Kier alpha value is -2.63. The molecule has 0 spiro atoms. The fourth-order valence-corrected chi connectivity index (χ4v) is 4.24. The summed E-state index contributed by atoms with van der Waals surface area (Å²) in [6.45, 7) is 3.81. The van der Waals surface area contributed by atoms with Crippen molar-refractivity contribution in [1.82, 2.24) is 0 Å². The molecule has 0 bridgehead atoms. The van der Waals surface area contributed by atoms with E-state index in [0.717, 1.165) is 17.7 Å². The van der Waals surface area contributed by atoms with Crippen molar-refractivity contribution in [2.75, 3.05) is 5.32 Å². The maximum atomic E-state index is 13.4. The maximum absolute atomic E-state index is 13.4. The van der Waals surface area contributed by atoms with E-state index in [0.29, 0.717) is 30.5 Å². The summed E-state index contributed by atoms with van der Waals surface area (Å²) >= 11 is 0. The van der Waals surface area contributed by atoms with Gasteiger partial charge in [-0.1, -0.05) is 44.5 Å². The number of carbonyl (C=O) groups excluding carboxylic acids is 2. The van der Waals surface area contributed by atoms with Gasteiger partial charge in [-0.2, -0.15) is 13.2 Å². The molecule has 2 aromatic rings. The van der Waals surface area contributed by atoms with Gasteiger partial charge in [0.1, 0.15) is 11.2 Å². The average molecular weight is 403 g/mol. The molecule has 1 N–H and O–H groups in total. The first-order valence-electron chi connectivity index (χ1n) is 9.86. The summed E-state index contributed by atoms with van der Waals surface area (Å²) in [5, 5.41) is 3.21. The minimum Gasteiger partial charge on any atom is -0.377 e. The minimum atomic E-state index is -4.42. The average Bonchev–Trinajstić information content (AvgIpc) is 2.92. The van der Waals surface area contributed by atoms with E-state index in [4.69, 9.17) is 0 Å². The van der Waals surface area contributed by atoms with Crippen LogP contribution in [0.25, 0.3) is 0 Å². The summed E-state index contributed by atoms with van der Waals surface area (Å²) in [6, 6.07) is 11.2. The number of anilines is 1. The SMILES string of the molecule is CCCC(=O)[C@@]1(CCC)C(=O)c2ccccc2[C@H]1Nc1ccc(C(F)(F)F)cc1. The largest absolute Gasteiger partial charge is 0.416 e. The van der Waals surface area contributed by atoms with Crippen LogP contribution in [-0.2, 0) is 11.0 Å². The number of hydrogen-bond acceptors (Lipinski definition) is 3. The van der Waals surface area contributed by atoms with Gasteiger partial charge >= 0.3 is 6.18 Å². The maximum Gasteiger partial charge on any atom is 0.416 e. The molecule has 0 amide bonds. The van der Waals surface area contributed by atoms with Crippen LogP contribution in [0, 0.1) is 5.41 Å². The van der Waals surface area contributed by atoms with Crippen molar-refractivity contribution >= 4 is 17.3 Å². The third kappa shape index (κ3) is 3.68. The summed E-state index contributed by atoms with van der Waals surface area (Å²) in [5.41, 5.74) is -0.313. The normalized spacial score (nSPS) is 21.1. The van der Waals surface area contributed by atoms with Gasteiger partial charge in [-0.15, -0.1) is 0 Å². The van der Waals surface area contributed by atoms with Crippen molar-refractivity contribution in [3.05, 3.63) is 65.2 Å². The number of alkyl halides is 3. The summed E-state index contributed by atoms with van der Waals surface area (Å²) in [4.78, 5) is 26.6. The van der Waals surface area contributed by atoms with Gasteiger partial charge < -0.3 is 5.32 Å². The van der Waals surface area contributed by atoms with Crippen molar-refractivity contribution in [3.63, 3.8) is 0 Å². The van der Waals surface area contributed by atoms with Crippen molar-refractivity contribution < 1.29 is 22.8 Å². The Balaban J connectivity index is 2.06. The van der Waals surface area contributed by atoms with Crippen molar-refractivity contribution in [2.24, 2.45) is 5.41 Å². The molecule has 0 aromatic heterocycles. The van der Waals surface area contributed by atoms with Gasteiger partial charge in [0.05, 0.1) is 11.6 Å². The van der Waals surface area contributed by atoms with E-state index in [1.54, 1.807) is 18.2 Å². The lowest BCUT2D eigenvalue weighted by atomic mass is 9.71. The number of rotatable bonds is 7. The van der Waals surface area contributed by atoms with Crippen LogP contribution < -0.4 is 5.32 Å². The molecule has 0 heterocycles. The molecule has 0 aliphatic heterocycles. The van der Waals surface area contributed by atoms with Crippen LogP contribution in [0.15, 0.2) is 48.5 Å². The number of fused-ring (bicyclic) bond motifs is 1. The zero-order valence-electron chi connectivity index (χ0n) is 16.5. The third-order valence-corrected chi connectivity index (χ3v) is 5.56. The third-order valence-electron chi connectivity index (χ3n) is 5.56. The highest BCUT2D eigenvalue weighted by molar-refractivity contribution is 6.19. The van der Waals surface area contributed by atoms with Crippen LogP contribution in [0.4, 0.5) is 18.9 Å². The van der Waals surface area contributed by atoms with E-state index in [-0.39, 0.29) is 18.0 Å². The van der Waals surface area contributed by atoms with E-state index in [9.17, 15) is 22.8 Å². The minimum absolute atomic E-state index is 0.118. The lowest BCUT2D eigenvalue weighted by Crippen LogP contribution is -2.42. The predicted molar refractivity (Wildman–Crippen MR) is 106 cm³/mol. The molecular weight excluding hydrogens is 379 g/mol. The molecule has 1 aliphatic rings. The Morgan fingerprint density at radius 2 is 1.69 bits per heavy atom. The number of ketones is 2. The molecule has 2 aromatic carbocycles. The Morgan fingerprint density at radius 1 is 1.03 bits per heavy atom. The van der Waals surface area contributed by atoms with Gasteiger partial charge in [0.25, 0.3) is 0 Å². The van der Waals surface area contributed by atoms with Crippen LogP contribution in [0.1, 0.15) is 67.1 Å². The molecule has 1 aliphatic carbocycles. The van der Waals surface area contributed by atoms with Crippen molar-refractivity contribution in [1.29, 1.82) is 0 Å². The van der Waals surface area contributed by atoms with Gasteiger partial charge in [0.15, 0.2) is 5.78 Å². The Kier molecular flexibility index (Phi) is 5.82. The molecule has 0 radical (unpaired) electrons. The van der Waals surface area contributed by atoms with Gasteiger partial charge in [-0.05, 0) is 42.7 Å². The van der Waals surface area contributed by atoms with E-state index in [1.165, 1.54) is 12.1 Å². The molecular formula is C23H24F3NO2. The van der Waals surface area contributed by atoms with Gasteiger partial charge in [-0.25, -0.2) is 0 Å². The number of Topliss-reactive ketones (excluding diaryl/α,β-unsaturated/α-hetero) is 2. The highest BCUT2D eigenvalue weighted by Crippen LogP contribution is 2.51. The fraction of sp³-hybridized carbons (Fsp3) is 0.391. The first-order valence-corrected chi connectivity index (χ1v) is 9.86. The molecule has 0 saturated heterocycles. The molecule has 2 atom stereocenters. The van der Waals surface area contributed by atoms with Gasteiger partial charge in [-0.3, -0.25) is 9.59 Å². The van der Waals surface area contributed by atoms with E-state index < -0.39 is 23.2 Å². The molecule has 0 saturated carbocycles. The highest BCUT2D eigenvalue weighted by atomic mass is 19.4. The van der Waals surface area contributed by atoms with E-state index >= 15 is 0 Å². The molecule has 154 valence electrons. The van der Waals surface area contributed by atoms with Gasteiger partial charge in [0, 0.05) is 17.7 Å². The molecule has 0 fully saturated rings. The number of carbonyl (C=O) groups is 2. The summed E-state index contributed by atoms with van der Waals surface area (Å²) in [6.07, 6.45) is -2.48. The molecule has 3 nitrogen and oxygen atoms in total. The lowest BCUT2D eigenvalue weighted by Gasteiger charge is -2.34. The van der Waals surface area contributed by atoms with Crippen LogP contribution in [-0.4, -0.2) is 11.6 Å². The standard InChI is InChI=1S/C23H24F3NO2/c1-3-7-19(28)22(14-4-2)20(17-8-5-6-9-18(17)21(22)29)27-16-12-10-15(11-13-16)23(24,25)26/h5-6,8-13,20,27H,3-4,7,14H2,1-2H3/t20-,22-/m1/s1. The number of hydrogen-bond donors (Lipinski definition) is 1. The van der Waals surface area contributed by atoms with Gasteiger partial charge in [0.2, 0.25) is 0 Å². The number of benzene rings is 2. The zero-order valence-corrected chi connectivity index (χ0v) is 16.5. The Labute approximate surface area is 168 Å². The Bertz CT molecular complexity index is 905. The smallest absolute Gasteiger partial charge is 0.377 e. The monoisotopic (exact) mass is 403 g/mol. The van der Waals surface area contributed by atoms with Crippen LogP contribution in [0.3, 0.4) is 0 Å². The summed E-state index contributed by atoms with van der Waals surface area (Å²) in [7, 11) is 0. The van der Waals surface area contributed by atoms with Crippen molar-refractivity contribution in [2.45, 2.75) is 51.7 Å². The van der Waals surface area contributed by atoms with Crippen LogP contribution in [0.2, 0.25) is 0 Å². The van der Waals surface area contributed by atoms with Crippen LogP contribution in [0.5, 0.6) is 0 Å². The quantitative estimate of drug-likeness (QED) is 0.559. The van der Waals surface area contributed by atoms with E-state index in [2.05, 4.69) is 5.32 Å². The molecule has 6 heteroatoms. The lowest BCUT2D eigenvalue weighted by molar-refractivity contribution is -0.137. The first kappa shape index (κ1) is 21.1. The number of nitrogens with one attached hydrogen (secondary N) is 1. The van der Waals surface area contributed by atoms with E-state index in [1.807, 2.05) is 19.9 Å². The molecule has 3 rings (SSSR count). The summed E-state index contributed by atoms with van der Waals surface area (Å²) in [5.74, 6) is -0.315. The second-order valence-electron chi connectivity index (χ2n) is 7.46. The second kappa shape index (κ2) is 8.01. The zero-order chi connectivity index (χ0) is 21.2. The summed E-state index contributed by atoms with van der Waals surface area (Å²) < 4.78 is 38.6.